The van der Waals surface area contributed by atoms with Crippen LogP contribution < -0.4 is 11.1 Å². The van der Waals surface area contributed by atoms with Gasteiger partial charge >= 0.3 is 0 Å². The van der Waals surface area contributed by atoms with Gasteiger partial charge in [0.1, 0.15) is 0 Å². The zero-order chi connectivity index (χ0) is 13.1. The van der Waals surface area contributed by atoms with Gasteiger partial charge < -0.3 is 21.1 Å². The van der Waals surface area contributed by atoms with Crippen LogP contribution in [-0.4, -0.2) is 42.8 Å². The molecule has 0 spiro atoms. The van der Waals surface area contributed by atoms with E-state index in [0.717, 1.165) is 10.2 Å². The predicted octanol–water partition coefficient (Wildman–Crippen LogP) is 1.76. The molecule has 0 aliphatic rings. The molecular formula is C12H20BrN3O. The van der Waals surface area contributed by atoms with E-state index in [1.54, 1.807) is 6.92 Å². The maximum absolute atomic E-state index is 10.1. The molecule has 1 aromatic rings. The summed E-state index contributed by atoms with van der Waals surface area (Å²) in [6.07, 6.45) is 0. The molecule has 0 aromatic heterocycles. The van der Waals surface area contributed by atoms with Gasteiger partial charge in [0.05, 0.1) is 17.0 Å². The van der Waals surface area contributed by atoms with Crippen molar-refractivity contribution >= 4 is 27.3 Å². The number of halogens is 1. The number of likely N-dealkylation sites (N-methyl/N-ethyl adjacent to an activating group) is 1. The van der Waals surface area contributed by atoms with E-state index in [-0.39, 0.29) is 0 Å². The first kappa shape index (κ1) is 14.3. The van der Waals surface area contributed by atoms with Crippen LogP contribution in [-0.2, 0) is 0 Å². The van der Waals surface area contributed by atoms with Crippen molar-refractivity contribution in [3.8, 4) is 0 Å². The largest absolute Gasteiger partial charge is 0.397 e. The van der Waals surface area contributed by atoms with Gasteiger partial charge in [-0.15, -0.1) is 0 Å². The van der Waals surface area contributed by atoms with E-state index in [9.17, 15) is 5.11 Å². The van der Waals surface area contributed by atoms with Crippen molar-refractivity contribution in [3.05, 3.63) is 22.7 Å². The molecule has 0 bridgehead atoms. The van der Waals surface area contributed by atoms with Gasteiger partial charge in [-0.2, -0.15) is 0 Å². The van der Waals surface area contributed by atoms with Crippen LogP contribution in [0.5, 0.6) is 0 Å². The molecule has 4 N–H and O–H groups in total. The third kappa shape index (κ3) is 4.93. The SMILES string of the molecule is CN(C)CC(C)(O)CNc1cc(Br)ccc1N. The highest BCUT2D eigenvalue weighted by molar-refractivity contribution is 9.10. The molecule has 96 valence electrons. The lowest BCUT2D eigenvalue weighted by molar-refractivity contribution is 0.0460. The number of nitrogens with two attached hydrogens (primary N) is 1. The molecule has 0 radical (unpaired) electrons. The van der Waals surface area contributed by atoms with Crippen LogP contribution in [0.3, 0.4) is 0 Å². The minimum absolute atomic E-state index is 0.450. The zero-order valence-electron chi connectivity index (χ0n) is 10.5. The molecular weight excluding hydrogens is 282 g/mol. The van der Waals surface area contributed by atoms with Gasteiger partial charge in [0, 0.05) is 17.6 Å². The van der Waals surface area contributed by atoms with Crippen LogP contribution in [0.2, 0.25) is 0 Å². The Morgan fingerprint density at radius 1 is 1.47 bits per heavy atom. The van der Waals surface area contributed by atoms with Crippen LogP contribution >= 0.6 is 15.9 Å². The van der Waals surface area contributed by atoms with Crippen LogP contribution in [0.25, 0.3) is 0 Å². The molecule has 0 heterocycles. The Morgan fingerprint density at radius 3 is 2.71 bits per heavy atom. The van der Waals surface area contributed by atoms with Gasteiger partial charge in [0.2, 0.25) is 0 Å². The Balaban J connectivity index is 2.63. The molecule has 17 heavy (non-hydrogen) atoms. The van der Waals surface area contributed by atoms with Gasteiger partial charge in [-0.05, 0) is 39.2 Å². The number of anilines is 2. The van der Waals surface area contributed by atoms with E-state index < -0.39 is 5.60 Å². The fraction of sp³-hybridized carbons (Fsp3) is 0.500. The van der Waals surface area contributed by atoms with Crippen molar-refractivity contribution in [2.75, 3.05) is 38.2 Å². The Labute approximate surface area is 111 Å². The highest BCUT2D eigenvalue weighted by atomic mass is 79.9. The number of rotatable bonds is 5. The smallest absolute Gasteiger partial charge is 0.0917 e. The number of benzene rings is 1. The summed E-state index contributed by atoms with van der Waals surface area (Å²) in [6, 6.07) is 5.62. The highest BCUT2D eigenvalue weighted by Crippen LogP contribution is 2.23. The quantitative estimate of drug-likeness (QED) is 0.725. The molecule has 0 aliphatic heterocycles. The summed E-state index contributed by atoms with van der Waals surface area (Å²) in [5, 5.41) is 13.3. The molecule has 0 aliphatic carbocycles. The average molecular weight is 302 g/mol. The molecule has 0 saturated heterocycles. The lowest BCUT2D eigenvalue weighted by atomic mass is 10.1. The first-order valence-electron chi connectivity index (χ1n) is 5.46. The maximum atomic E-state index is 10.1. The minimum Gasteiger partial charge on any atom is -0.397 e. The van der Waals surface area contributed by atoms with Crippen molar-refractivity contribution < 1.29 is 5.11 Å². The van der Waals surface area contributed by atoms with Crippen molar-refractivity contribution in [3.63, 3.8) is 0 Å². The number of hydrogen-bond acceptors (Lipinski definition) is 4. The normalized spacial score (nSPS) is 14.7. The minimum atomic E-state index is -0.793. The molecule has 1 atom stereocenters. The van der Waals surface area contributed by atoms with Crippen LogP contribution in [0, 0.1) is 0 Å². The van der Waals surface area contributed by atoms with E-state index in [0.29, 0.717) is 18.8 Å². The zero-order valence-corrected chi connectivity index (χ0v) is 12.1. The summed E-state index contributed by atoms with van der Waals surface area (Å²) in [4.78, 5) is 1.95. The van der Waals surface area contributed by atoms with Gasteiger partial charge in [0.15, 0.2) is 0 Å². The second-order valence-corrected chi connectivity index (χ2v) is 5.74. The van der Waals surface area contributed by atoms with Crippen LogP contribution in [0.15, 0.2) is 22.7 Å². The number of nitrogens with zero attached hydrogens (tertiary/aromatic N) is 1. The molecule has 1 unspecified atom stereocenters. The first-order valence-corrected chi connectivity index (χ1v) is 6.25. The average Bonchev–Trinajstić information content (AvgIpc) is 2.17. The summed E-state index contributed by atoms with van der Waals surface area (Å²) in [5.41, 5.74) is 6.56. The standard InChI is InChI=1S/C12H20BrN3O/c1-12(17,8-16(2)3)7-15-11-6-9(13)4-5-10(11)14/h4-6,15,17H,7-8,14H2,1-3H3. The monoisotopic (exact) mass is 301 g/mol. The lowest BCUT2D eigenvalue weighted by Crippen LogP contribution is -2.43. The number of aliphatic hydroxyl groups is 1. The van der Waals surface area contributed by atoms with Gasteiger partial charge in [0.25, 0.3) is 0 Å². The molecule has 4 nitrogen and oxygen atoms in total. The summed E-state index contributed by atoms with van der Waals surface area (Å²) >= 11 is 3.39. The van der Waals surface area contributed by atoms with Gasteiger partial charge in [-0.3, -0.25) is 0 Å². The van der Waals surface area contributed by atoms with Crippen molar-refractivity contribution in [2.45, 2.75) is 12.5 Å². The van der Waals surface area contributed by atoms with Crippen molar-refractivity contribution in [1.82, 2.24) is 4.90 Å². The molecule has 1 rings (SSSR count). The third-order valence-electron chi connectivity index (χ3n) is 2.33. The van der Waals surface area contributed by atoms with E-state index in [2.05, 4.69) is 21.2 Å². The topological polar surface area (TPSA) is 61.5 Å². The fourth-order valence-electron chi connectivity index (χ4n) is 1.70. The summed E-state index contributed by atoms with van der Waals surface area (Å²) in [7, 11) is 3.86. The van der Waals surface area contributed by atoms with E-state index in [1.807, 2.05) is 37.2 Å². The van der Waals surface area contributed by atoms with E-state index in [1.165, 1.54) is 0 Å². The number of nitrogen functional groups attached to an aromatic ring is 1. The summed E-state index contributed by atoms with van der Waals surface area (Å²) in [6.45, 7) is 2.84. The first-order chi connectivity index (χ1) is 7.80. The fourth-order valence-corrected chi connectivity index (χ4v) is 2.07. The Hall–Kier alpha value is -0.780. The second-order valence-electron chi connectivity index (χ2n) is 4.82. The van der Waals surface area contributed by atoms with Crippen molar-refractivity contribution in [2.24, 2.45) is 0 Å². The Kier molecular flexibility index (Phi) is 4.80. The molecule has 5 heteroatoms. The third-order valence-corrected chi connectivity index (χ3v) is 2.83. The van der Waals surface area contributed by atoms with Crippen molar-refractivity contribution in [1.29, 1.82) is 0 Å². The van der Waals surface area contributed by atoms with Gasteiger partial charge in [-0.1, -0.05) is 15.9 Å². The van der Waals surface area contributed by atoms with Crippen LogP contribution in [0.4, 0.5) is 11.4 Å². The number of hydrogen-bond donors (Lipinski definition) is 3. The predicted molar refractivity (Wildman–Crippen MR) is 76.2 cm³/mol. The van der Waals surface area contributed by atoms with Gasteiger partial charge in [-0.25, -0.2) is 0 Å². The Bertz CT molecular complexity index is 380. The lowest BCUT2D eigenvalue weighted by Gasteiger charge is -2.27. The van der Waals surface area contributed by atoms with E-state index >= 15 is 0 Å². The molecule has 0 amide bonds. The summed E-state index contributed by atoms with van der Waals surface area (Å²) in [5.74, 6) is 0. The van der Waals surface area contributed by atoms with E-state index in [4.69, 9.17) is 5.73 Å². The maximum Gasteiger partial charge on any atom is 0.0917 e. The highest BCUT2D eigenvalue weighted by Gasteiger charge is 2.21. The molecule has 0 fully saturated rings. The molecule has 0 saturated carbocycles. The Morgan fingerprint density at radius 2 is 2.12 bits per heavy atom. The second kappa shape index (κ2) is 5.71. The molecule has 1 aromatic carbocycles. The van der Waals surface area contributed by atoms with Crippen LogP contribution in [0.1, 0.15) is 6.92 Å². The summed E-state index contributed by atoms with van der Waals surface area (Å²) < 4.78 is 0.960. The number of nitrogens with one attached hydrogen (secondary N) is 1.